The molecule has 0 bridgehead atoms. The number of aryl methyl sites for hydroxylation is 1. The Labute approximate surface area is 186 Å². The predicted molar refractivity (Wildman–Crippen MR) is 122 cm³/mol. The van der Waals surface area contributed by atoms with Gasteiger partial charge in [-0.2, -0.15) is 0 Å². The molecule has 6 atom stereocenters. The van der Waals surface area contributed by atoms with Crippen molar-refractivity contribution in [2.75, 3.05) is 0 Å². The van der Waals surface area contributed by atoms with E-state index in [1.807, 2.05) is 31.5 Å². The zero-order valence-corrected chi connectivity index (χ0v) is 19.0. The van der Waals surface area contributed by atoms with Gasteiger partial charge in [-0.25, -0.2) is 0 Å². The molecule has 4 aliphatic carbocycles. The Morgan fingerprint density at radius 3 is 2.84 bits per heavy atom. The van der Waals surface area contributed by atoms with Gasteiger partial charge in [0.2, 0.25) is 0 Å². The molecule has 3 nitrogen and oxygen atoms in total. The number of hydrogen-bond acceptors (Lipinski definition) is 3. The van der Waals surface area contributed by atoms with Crippen LogP contribution in [0.15, 0.2) is 48.3 Å². The number of carbonyl (C=O) groups is 2. The Balaban J connectivity index is 1.43. The van der Waals surface area contributed by atoms with Crippen LogP contribution in [0.3, 0.4) is 0 Å². The molecule has 0 aliphatic heterocycles. The lowest BCUT2D eigenvalue weighted by Crippen LogP contribution is -2.50. The molecule has 31 heavy (non-hydrogen) atoms. The third kappa shape index (κ3) is 3.36. The Kier molecular flexibility index (Phi) is 5.27. The Morgan fingerprint density at radius 2 is 2.06 bits per heavy atom. The highest BCUT2D eigenvalue weighted by molar-refractivity contribution is 5.92. The number of aromatic nitrogens is 1. The highest BCUT2D eigenvalue weighted by Gasteiger charge is 2.60. The summed E-state index contributed by atoms with van der Waals surface area (Å²) in [6, 6.07) is 4.18. The average Bonchev–Trinajstić information content (AvgIpc) is 3.15. The number of nitrogens with zero attached hydrogens (tertiary/aromatic N) is 1. The number of Topliss-reactive ketones (excluding diaryl/α,β-unsaturated/α-hetero) is 1. The molecular formula is C28H35NO2. The first-order chi connectivity index (χ1) is 14.9. The number of carbonyl (C=O) groups excluding carboxylic acids is 2. The second kappa shape index (κ2) is 7.83. The van der Waals surface area contributed by atoms with E-state index in [4.69, 9.17) is 0 Å². The van der Waals surface area contributed by atoms with Crippen molar-refractivity contribution in [3.8, 4) is 0 Å². The summed E-state index contributed by atoms with van der Waals surface area (Å²) in [7, 11) is 0. The molecular weight excluding hydrogens is 382 g/mol. The van der Waals surface area contributed by atoms with Crippen LogP contribution in [0.1, 0.15) is 70.8 Å². The van der Waals surface area contributed by atoms with Crippen molar-refractivity contribution in [2.45, 2.75) is 71.6 Å². The molecule has 0 saturated heterocycles. The normalized spacial score (nSPS) is 38.8. The quantitative estimate of drug-likeness (QED) is 0.599. The number of rotatable bonds is 5. The monoisotopic (exact) mass is 417 g/mol. The molecule has 2 fully saturated rings. The van der Waals surface area contributed by atoms with Gasteiger partial charge in [0.1, 0.15) is 5.78 Å². The maximum absolute atomic E-state index is 12.8. The van der Waals surface area contributed by atoms with E-state index in [9.17, 15) is 9.59 Å². The standard InChI is InChI=1S/C28H35NO2/c1-19(30)24-9-10-26-23-8-7-21-17-22(31)11-14-27(21,2)25(23)12-15-28(24,26)13-3-5-20-6-4-16-29-18-20/h4,6-8,16-18,23-26H,3,5,9-15H2,1-2H3/t23-,24-,25+,26+,27+,28-/m1/s1. The van der Waals surface area contributed by atoms with E-state index >= 15 is 0 Å². The van der Waals surface area contributed by atoms with Crippen molar-refractivity contribution < 1.29 is 9.59 Å². The van der Waals surface area contributed by atoms with Gasteiger partial charge in [-0.1, -0.05) is 25.1 Å². The predicted octanol–water partition coefficient (Wildman–Crippen LogP) is 5.90. The molecule has 164 valence electrons. The van der Waals surface area contributed by atoms with Gasteiger partial charge in [0.25, 0.3) is 0 Å². The second-order valence-electron chi connectivity index (χ2n) is 10.9. The maximum Gasteiger partial charge on any atom is 0.156 e. The minimum atomic E-state index is 0.128. The van der Waals surface area contributed by atoms with Crippen molar-refractivity contribution in [1.82, 2.24) is 4.98 Å². The Bertz CT molecular complexity index is 932. The number of allylic oxidation sites excluding steroid dienone is 4. The minimum absolute atomic E-state index is 0.128. The summed E-state index contributed by atoms with van der Waals surface area (Å²) >= 11 is 0. The molecule has 1 aromatic heterocycles. The summed E-state index contributed by atoms with van der Waals surface area (Å²) in [4.78, 5) is 29.1. The summed E-state index contributed by atoms with van der Waals surface area (Å²) in [5.74, 6) is 2.66. The lowest BCUT2D eigenvalue weighted by Gasteiger charge is -2.57. The number of pyridine rings is 1. The molecule has 0 aromatic carbocycles. The molecule has 5 rings (SSSR count). The Morgan fingerprint density at radius 1 is 1.19 bits per heavy atom. The van der Waals surface area contributed by atoms with E-state index in [0.29, 0.717) is 30.0 Å². The van der Waals surface area contributed by atoms with Crippen molar-refractivity contribution >= 4 is 11.6 Å². The molecule has 4 aliphatic rings. The first kappa shape index (κ1) is 20.8. The number of fused-ring (bicyclic) bond motifs is 5. The van der Waals surface area contributed by atoms with Crippen LogP contribution in [0.4, 0.5) is 0 Å². The highest BCUT2D eigenvalue weighted by Crippen LogP contribution is 2.66. The van der Waals surface area contributed by atoms with E-state index in [1.54, 1.807) is 0 Å². The van der Waals surface area contributed by atoms with E-state index < -0.39 is 0 Å². The lowest BCUT2D eigenvalue weighted by molar-refractivity contribution is -0.128. The fourth-order valence-electron chi connectivity index (χ4n) is 8.07. The molecule has 0 radical (unpaired) electrons. The van der Waals surface area contributed by atoms with E-state index in [1.165, 1.54) is 30.4 Å². The van der Waals surface area contributed by atoms with Crippen LogP contribution >= 0.6 is 0 Å². The minimum Gasteiger partial charge on any atom is -0.300 e. The lowest BCUT2D eigenvalue weighted by atomic mass is 9.47. The van der Waals surface area contributed by atoms with Gasteiger partial charge in [0.15, 0.2) is 5.78 Å². The van der Waals surface area contributed by atoms with Crippen LogP contribution < -0.4 is 0 Å². The van der Waals surface area contributed by atoms with Gasteiger partial charge in [-0.3, -0.25) is 14.6 Å². The molecule has 0 unspecified atom stereocenters. The fraction of sp³-hybridized carbons (Fsp3) is 0.607. The summed E-state index contributed by atoms with van der Waals surface area (Å²) in [6.07, 6.45) is 20.0. The average molecular weight is 418 g/mol. The van der Waals surface area contributed by atoms with Crippen LogP contribution in [0.5, 0.6) is 0 Å². The molecule has 3 heteroatoms. The van der Waals surface area contributed by atoms with Gasteiger partial charge in [0, 0.05) is 24.7 Å². The number of hydrogen-bond donors (Lipinski definition) is 0. The van der Waals surface area contributed by atoms with Crippen LogP contribution in [-0.4, -0.2) is 16.6 Å². The second-order valence-corrected chi connectivity index (χ2v) is 10.9. The third-order valence-electron chi connectivity index (χ3n) is 9.55. The number of ketones is 2. The first-order valence-electron chi connectivity index (χ1n) is 12.3. The van der Waals surface area contributed by atoms with Crippen LogP contribution in [-0.2, 0) is 16.0 Å². The van der Waals surface area contributed by atoms with Gasteiger partial charge in [-0.05, 0) is 110 Å². The summed E-state index contributed by atoms with van der Waals surface area (Å²) in [5.41, 5.74) is 2.84. The maximum atomic E-state index is 12.8. The Hall–Kier alpha value is -2.03. The molecule has 1 aromatic rings. The van der Waals surface area contributed by atoms with E-state index in [0.717, 1.165) is 32.1 Å². The molecule has 0 spiro atoms. The fourth-order valence-corrected chi connectivity index (χ4v) is 8.07. The van der Waals surface area contributed by atoms with Gasteiger partial charge in [-0.15, -0.1) is 0 Å². The van der Waals surface area contributed by atoms with Gasteiger partial charge in [0.05, 0.1) is 0 Å². The SMILES string of the molecule is CC(=O)[C@H]1CC[C@H]2[C@@H]3C=CC4=CC(=O)CC[C@]4(C)[C@H]3CC[C@]12CCCc1cccnc1. The summed E-state index contributed by atoms with van der Waals surface area (Å²) in [6.45, 7) is 4.23. The van der Waals surface area contributed by atoms with E-state index in [2.05, 4.69) is 30.1 Å². The van der Waals surface area contributed by atoms with Crippen molar-refractivity contribution in [3.05, 3.63) is 53.9 Å². The highest BCUT2D eigenvalue weighted by atomic mass is 16.1. The van der Waals surface area contributed by atoms with Crippen molar-refractivity contribution in [2.24, 2.45) is 34.5 Å². The third-order valence-corrected chi connectivity index (χ3v) is 9.55. The smallest absolute Gasteiger partial charge is 0.156 e. The first-order valence-corrected chi connectivity index (χ1v) is 12.3. The largest absolute Gasteiger partial charge is 0.300 e. The zero-order chi connectivity index (χ0) is 21.6. The van der Waals surface area contributed by atoms with Gasteiger partial charge >= 0.3 is 0 Å². The zero-order valence-electron chi connectivity index (χ0n) is 19.0. The summed E-state index contributed by atoms with van der Waals surface area (Å²) < 4.78 is 0. The van der Waals surface area contributed by atoms with Gasteiger partial charge < -0.3 is 0 Å². The molecule has 0 N–H and O–H groups in total. The molecule has 0 amide bonds. The van der Waals surface area contributed by atoms with Crippen LogP contribution in [0.2, 0.25) is 0 Å². The van der Waals surface area contributed by atoms with E-state index in [-0.39, 0.29) is 22.5 Å². The van der Waals surface area contributed by atoms with Crippen LogP contribution in [0, 0.1) is 34.5 Å². The van der Waals surface area contributed by atoms with Crippen LogP contribution in [0.25, 0.3) is 0 Å². The van der Waals surface area contributed by atoms with Crippen molar-refractivity contribution in [3.63, 3.8) is 0 Å². The molecule has 2 saturated carbocycles. The molecule has 1 heterocycles. The topological polar surface area (TPSA) is 47.0 Å². The summed E-state index contributed by atoms with van der Waals surface area (Å²) in [5, 5.41) is 0. The van der Waals surface area contributed by atoms with Crippen molar-refractivity contribution in [1.29, 1.82) is 0 Å².